The second-order valence-electron chi connectivity index (χ2n) is 17.8. The van der Waals surface area contributed by atoms with Crippen molar-refractivity contribution in [1.29, 1.82) is 0 Å². The van der Waals surface area contributed by atoms with Crippen molar-refractivity contribution in [2.45, 2.75) is 52.4 Å². The second kappa shape index (κ2) is 13.8. The fourth-order valence-corrected chi connectivity index (χ4v) is 9.21. The Morgan fingerprint density at radius 2 is 0.667 bits per heavy atom. The van der Waals surface area contributed by atoms with E-state index in [0.717, 1.165) is 0 Å². The summed E-state index contributed by atoms with van der Waals surface area (Å²) in [5.74, 6) is 0. The first-order chi connectivity index (χ1) is 45.4. The number of hydrogen-bond acceptors (Lipinski definition) is 2. The van der Waals surface area contributed by atoms with Crippen molar-refractivity contribution in [3.05, 3.63) is 204 Å². The standard InChI is InChI=1S/C62H50N4/c1-61(2,3)49-31-19-29-45-55-51(63(39-21-11-7-12-22-39)40-23-13-8-14-24-40)35-33-43-47-38-54-48(37-53(47)65(57(45)49)59(43)55)44-34-36-52(64(41-25-15-9-16-26-41)42-27-17-10-18-28-42)56-46-30-20-32-50(62(4,5)6)58(46)66(54)60(44)56/h7-38H,1-6H3/i7D,8D,9D,10D,11D,12D,13D,14D,15D,16D,17D,18D,19D,20D,21D,22D,23D,24D,25D,26D,27D,28D,29D,30D,31D,32D,33D,34D,35D,36D,37D,38D. The van der Waals surface area contributed by atoms with E-state index in [1.54, 1.807) is 41.5 Å². The number of anilines is 6. The van der Waals surface area contributed by atoms with E-state index in [9.17, 15) is 27.4 Å². The van der Waals surface area contributed by atoms with Gasteiger partial charge in [-0.3, -0.25) is 0 Å². The highest BCUT2D eigenvalue weighted by Gasteiger charge is 2.31. The van der Waals surface area contributed by atoms with Crippen LogP contribution in [-0.2, 0) is 10.8 Å². The van der Waals surface area contributed by atoms with E-state index in [4.69, 9.17) is 16.4 Å². The Kier molecular flexibility index (Phi) is 3.82. The maximum absolute atomic E-state index is 10.9. The lowest BCUT2D eigenvalue weighted by molar-refractivity contribution is 0.594. The molecule has 0 fully saturated rings. The van der Waals surface area contributed by atoms with Crippen molar-refractivity contribution >= 4 is 110 Å². The fraction of sp³-hybridized carbons (Fsp3) is 0.129. The molecule has 0 aliphatic heterocycles. The molecule has 4 nitrogen and oxygen atoms in total. The van der Waals surface area contributed by atoms with Gasteiger partial charge in [-0.2, -0.15) is 0 Å². The lowest BCUT2D eigenvalue weighted by Gasteiger charge is -2.26. The van der Waals surface area contributed by atoms with Crippen LogP contribution in [-0.4, -0.2) is 8.80 Å². The van der Waals surface area contributed by atoms with Crippen LogP contribution in [0.1, 0.15) is 96.5 Å². The zero-order valence-electron chi connectivity index (χ0n) is 67.8. The maximum atomic E-state index is 10.9. The van der Waals surface area contributed by atoms with Gasteiger partial charge in [-0.1, -0.05) is 162 Å². The Balaban J connectivity index is 1.38. The summed E-state index contributed by atoms with van der Waals surface area (Å²) in [4.78, 5) is 1.26. The Hall–Kier alpha value is -7.82. The third-order valence-electron chi connectivity index (χ3n) is 11.8. The van der Waals surface area contributed by atoms with Gasteiger partial charge in [-0.05, 0) is 94.5 Å². The third kappa shape index (κ3) is 5.39. The van der Waals surface area contributed by atoms with Crippen molar-refractivity contribution in [3.63, 3.8) is 0 Å². The molecule has 0 bridgehead atoms. The Morgan fingerprint density at radius 1 is 0.333 bits per heavy atom. The number of para-hydroxylation sites is 6. The van der Waals surface area contributed by atoms with Gasteiger partial charge in [0.25, 0.3) is 0 Å². The van der Waals surface area contributed by atoms with Crippen LogP contribution in [0.15, 0.2) is 193 Å². The molecule has 0 atom stereocenters. The van der Waals surface area contributed by atoms with Crippen molar-refractivity contribution < 1.29 is 43.9 Å². The van der Waals surface area contributed by atoms with Gasteiger partial charge in [0, 0.05) is 65.8 Å². The van der Waals surface area contributed by atoms with Crippen LogP contribution in [0, 0.1) is 0 Å². The summed E-state index contributed by atoms with van der Waals surface area (Å²) in [5, 5.41) is -3.25. The molecule has 13 aromatic rings. The topological polar surface area (TPSA) is 15.3 Å². The maximum Gasteiger partial charge on any atom is 0.0653 e. The number of rotatable bonds is 6. The van der Waals surface area contributed by atoms with E-state index in [1.807, 2.05) is 0 Å². The quantitative estimate of drug-likeness (QED) is 0.165. The van der Waals surface area contributed by atoms with Crippen LogP contribution in [0.25, 0.3) is 76.2 Å². The molecule has 0 saturated carbocycles. The largest absolute Gasteiger partial charge is 0.310 e. The van der Waals surface area contributed by atoms with Gasteiger partial charge in [0.05, 0.1) is 88.3 Å². The van der Waals surface area contributed by atoms with Crippen LogP contribution in [0.5, 0.6) is 0 Å². The molecular weight excluding hydrogens is 801 g/mol. The molecular formula is C62H50N4. The number of aromatic nitrogens is 2. The molecule has 4 heterocycles. The first-order valence-corrected chi connectivity index (χ1v) is 20.7. The fourth-order valence-electron chi connectivity index (χ4n) is 9.21. The minimum atomic E-state index is -1.28. The molecule has 4 heteroatoms. The Bertz CT molecular complexity index is 5320. The molecule has 66 heavy (non-hydrogen) atoms. The van der Waals surface area contributed by atoms with E-state index in [-0.39, 0.29) is 44.0 Å². The predicted octanol–water partition coefficient (Wildman–Crippen LogP) is 17.5. The van der Waals surface area contributed by atoms with E-state index in [0.29, 0.717) is 9.80 Å². The molecule has 0 aliphatic carbocycles. The van der Waals surface area contributed by atoms with E-state index in [2.05, 4.69) is 0 Å². The van der Waals surface area contributed by atoms with Crippen LogP contribution in [0.4, 0.5) is 34.1 Å². The monoisotopic (exact) mass is 883 g/mol. The second-order valence-corrected chi connectivity index (χ2v) is 17.8. The molecule has 9 aromatic carbocycles. The molecule has 0 amide bonds. The zero-order valence-corrected chi connectivity index (χ0v) is 35.8. The first kappa shape index (κ1) is 18.2. The van der Waals surface area contributed by atoms with Crippen molar-refractivity contribution in [1.82, 2.24) is 8.80 Å². The summed E-state index contributed by atoms with van der Waals surface area (Å²) in [6.07, 6.45) is 0. The number of fused-ring (bicyclic) bond motifs is 12. The average molecular weight is 883 g/mol. The first-order valence-electron chi connectivity index (χ1n) is 36.7. The Labute approximate surface area is 429 Å². The summed E-state index contributed by atoms with van der Waals surface area (Å²) < 4.78 is 304. The highest BCUT2D eigenvalue weighted by Crippen LogP contribution is 2.52. The molecule has 0 aliphatic rings. The van der Waals surface area contributed by atoms with Crippen molar-refractivity contribution in [2.75, 3.05) is 9.80 Å². The average Bonchev–Trinajstić information content (AvgIpc) is 1.48. The number of hydrogen-bond donors (Lipinski definition) is 0. The third-order valence-corrected chi connectivity index (χ3v) is 11.8. The summed E-state index contributed by atoms with van der Waals surface area (Å²) in [6, 6.07) is -29.4. The van der Waals surface area contributed by atoms with Crippen molar-refractivity contribution in [3.8, 4) is 0 Å². The molecule has 0 radical (unpaired) electrons. The predicted molar refractivity (Wildman–Crippen MR) is 283 cm³/mol. The molecule has 318 valence electrons. The SMILES string of the molecule is [2H]c1c([2H])c([2H])c(N(c2c([2H])c([2H])c([2H])c([2H])c2[2H])c2c([2H])c([2H])c3c4c([2H])c5c(c([2H])c4n4c6c(C(C)(C)C)c([2H])c([2H])c([2H])c6c2c34)c2c([2H])c([2H])c(N(c3c([2H])c([2H])c([2H])c([2H])c3[2H])c3c([2H])c([2H])c([2H])c([2H])c3[2H])c3c4c([2H])c([2H])c([2H])c(C(C)(C)C)c4n5c23)c([2H])c1[2H]. The van der Waals surface area contributed by atoms with Gasteiger partial charge in [0.2, 0.25) is 0 Å². The van der Waals surface area contributed by atoms with Crippen molar-refractivity contribution in [2.24, 2.45) is 0 Å². The van der Waals surface area contributed by atoms with Crippen LogP contribution < -0.4 is 9.80 Å². The molecule has 0 N–H and O–H groups in total. The van der Waals surface area contributed by atoms with Gasteiger partial charge in [0.15, 0.2) is 0 Å². The molecule has 0 spiro atoms. The molecule has 0 saturated heterocycles. The Morgan fingerprint density at radius 3 is 0.985 bits per heavy atom. The summed E-state index contributed by atoms with van der Waals surface area (Å²) in [5.41, 5.74) is -9.72. The van der Waals surface area contributed by atoms with Gasteiger partial charge in [-0.25, -0.2) is 0 Å². The van der Waals surface area contributed by atoms with Gasteiger partial charge in [0.1, 0.15) is 0 Å². The number of benzene rings is 9. The lowest BCUT2D eigenvalue weighted by atomic mass is 9.85. The molecule has 13 rings (SSSR count). The summed E-state index contributed by atoms with van der Waals surface area (Å²) >= 11 is 0. The smallest absolute Gasteiger partial charge is 0.0653 e. The van der Waals surface area contributed by atoms with E-state index < -0.39 is 282 Å². The van der Waals surface area contributed by atoms with Gasteiger partial charge in [-0.15, -0.1) is 0 Å². The summed E-state index contributed by atoms with van der Waals surface area (Å²) in [6.45, 7) is 9.81. The van der Waals surface area contributed by atoms with E-state index >= 15 is 0 Å². The normalized spacial score (nSPS) is 19.5. The van der Waals surface area contributed by atoms with Crippen LogP contribution in [0.2, 0.25) is 0 Å². The minimum absolute atomic E-state index is 0.0536. The van der Waals surface area contributed by atoms with E-state index in [1.165, 1.54) is 8.80 Å². The minimum Gasteiger partial charge on any atom is -0.310 e. The lowest BCUT2D eigenvalue weighted by Crippen LogP contribution is -2.12. The molecule has 4 aromatic heterocycles. The highest BCUT2D eigenvalue weighted by molar-refractivity contribution is 6.32. The number of nitrogens with zero attached hydrogens (tertiary/aromatic N) is 4. The van der Waals surface area contributed by atoms with Gasteiger partial charge >= 0.3 is 0 Å². The van der Waals surface area contributed by atoms with Crippen LogP contribution >= 0.6 is 0 Å². The van der Waals surface area contributed by atoms with Gasteiger partial charge < -0.3 is 18.6 Å². The highest BCUT2D eigenvalue weighted by atomic mass is 15.2. The zero-order chi connectivity index (χ0) is 72.5. The summed E-state index contributed by atoms with van der Waals surface area (Å²) in [7, 11) is 0. The molecule has 0 unspecified atom stereocenters. The van der Waals surface area contributed by atoms with Crippen LogP contribution in [0.3, 0.4) is 0 Å².